The lowest BCUT2D eigenvalue weighted by atomic mass is 10.0. The third-order valence-corrected chi connectivity index (χ3v) is 3.49. The van der Waals surface area contributed by atoms with Crippen molar-refractivity contribution in [2.75, 3.05) is 0 Å². The van der Waals surface area contributed by atoms with Crippen molar-refractivity contribution in [3.05, 3.63) is 35.4 Å². The van der Waals surface area contributed by atoms with E-state index in [9.17, 15) is 9.59 Å². The summed E-state index contributed by atoms with van der Waals surface area (Å²) in [6, 6.07) is 7.29. The van der Waals surface area contributed by atoms with Gasteiger partial charge in [0.2, 0.25) is 0 Å². The Labute approximate surface area is 103 Å². The Morgan fingerprint density at radius 3 is 2.59 bits per heavy atom. The zero-order valence-corrected chi connectivity index (χ0v) is 10.2. The van der Waals surface area contributed by atoms with Crippen LogP contribution >= 0.6 is 11.8 Å². The SMILES string of the molecule is Cc1ccc(C(=O)C[C@@H]2SC(N)=NC2=O)cc1. The third kappa shape index (κ3) is 2.74. The molecule has 88 valence electrons. The number of nitrogens with zero attached hydrogens (tertiary/aromatic N) is 1. The molecule has 0 aromatic heterocycles. The van der Waals surface area contributed by atoms with Gasteiger partial charge in [-0.3, -0.25) is 9.59 Å². The van der Waals surface area contributed by atoms with Gasteiger partial charge in [-0.15, -0.1) is 0 Å². The van der Waals surface area contributed by atoms with Gasteiger partial charge in [0.15, 0.2) is 11.0 Å². The molecule has 0 aliphatic carbocycles. The van der Waals surface area contributed by atoms with Gasteiger partial charge in [-0.2, -0.15) is 4.99 Å². The highest BCUT2D eigenvalue weighted by molar-refractivity contribution is 8.15. The summed E-state index contributed by atoms with van der Waals surface area (Å²) >= 11 is 1.16. The quantitative estimate of drug-likeness (QED) is 0.823. The van der Waals surface area contributed by atoms with Crippen LogP contribution < -0.4 is 5.73 Å². The Bertz CT molecular complexity index is 494. The number of carbonyl (C=O) groups is 2. The van der Waals surface area contributed by atoms with Crippen LogP contribution in [0.4, 0.5) is 0 Å². The van der Waals surface area contributed by atoms with E-state index in [-0.39, 0.29) is 23.3 Å². The molecule has 1 heterocycles. The van der Waals surface area contributed by atoms with Crippen LogP contribution in [0.1, 0.15) is 22.3 Å². The van der Waals surface area contributed by atoms with E-state index >= 15 is 0 Å². The van der Waals surface area contributed by atoms with Crippen LogP contribution in [0.15, 0.2) is 29.3 Å². The third-order valence-electron chi connectivity index (χ3n) is 2.50. The highest BCUT2D eigenvalue weighted by atomic mass is 32.2. The fraction of sp³-hybridized carbons (Fsp3) is 0.250. The zero-order chi connectivity index (χ0) is 12.4. The normalized spacial score (nSPS) is 19.2. The number of thioether (sulfide) groups is 1. The van der Waals surface area contributed by atoms with Gasteiger partial charge in [0, 0.05) is 12.0 Å². The molecule has 17 heavy (non-hydrogen) atoms. The standard InChI is InChI=1S/C12H12N2O2S/c1-7-2-4-8(5-3-7)9(15)6-10-11(16)14-12(13)17-10/h2-5,10H,6H2,1H3,(H2,13,14,16)/t10-/m0/s1. The van der Waals surface area contributed by atoms with Crippen LogP contribution in [-0.4, -0.2) is 22.1 Å². The molecule has 1 aromatic rings. The number of aliphatic imine (C=N–C) groups is 1. The molecule has 0 bridgehead atoms. The summed E-state index contributed by atoms with van der Waals surface area (Å²) in [4.78, 5) is 26.9. The van der Waals surface area contributed by atoms with E-state index in [0.29, 0.717) is 5.56 Å². The summed E-state index contributed by atoms with van der Waals surface area (Å²) in [7, 11) is 0. The summed E-state index contributed by atoms with van der Waals surface area (Å²) < 4.78 is 0. The molecule has 0 radical (unpaired) electrons. The van der Waals surface area contributed by atoms with Crippen molar-refractivity contribution in [2.45, 2.75) is 18.6 Å². The molecule has 0 saturated heterocycles. The summed E-state index contributed by atoms with van der Waals surface area (Å²) in [6.07, 6.45) is 0.150. The highest BCUT2D eigenvalue weighted by Crippen LogP contribution is 2.24. The number of amides is 1. The van der Waals surface area contributed by atoms with Crippen molar-refractivity contribution in [2.24, 2.45) is 10.7 Å². The van der Waals surface area contributed by atoms with Gasteiger partial charge in [-0.1, -0.05) is 41.6 Å². The van der Waals surface area contributed by atoms with Crippen LogP contribution in [-0.2, 0) is 4.79 Å². The van der Waals surface area contributed by atoms with Gasteiger partial charge < -0.3 is 5.73 Å². The maximum absolute atomic E-state index is 11.9. The number of Topliss-reactive ketones (excluding diaryl/α,β-unsaturated/α-hetero) is 1. The fourth-order valence-electron chi connectivity index (χ4n) is 1.56. The van der Waals surface area contributed by atoms with E-state index in [0.717, 1.165) is 17.3 Å². The van der Waals surface area contributed by atoms with Gasteiger partial charge in [-0.05, 0) is 6.92 Å². The number of hydrogen-bond donors (Lipinski definition) is 1. The maximum Gasteiger partial charge on any atom is 0.262 e. The molecule has 1 aliphatic heterocycles. The Morgan fingerprint density at radius 2 is 2.06 bits per heavy atom. The van der Waals surface area contributed by atoms with Gasteiger partial charge >= 0.3 is 0 Å². The summed E-state index contributed by atoms with van der Waals surface area (Å²) in [5.41, 5.74) is 7.15. The maximum atomic E-state index is 11.9. The molecular weight excluding hydrogens is 236 g/mol. The minimum absolute atomic E-state index is 0.0549. The van der Waals surface area contributed by atoms with E-state index < -0.39 is 5.25 Å². The van der Waals surface area contributed by atoms with Gasteiger partial charge in [0.25, 0.3) is 5.91 Å². The number of amidine groups is 1. The summed E-state index contributed by atoms with van der Waals surface area (Å²) in [6.45, 7) is 1.96. The molecular formula is C12H12N2O2S. The Kier molecular flexibility index (Phi) is 3.28. The summed E-state index contributed by atoms with van der Waals surface area (Å²) in [5, 5.41) is -0.208. The highest BCUT2D eigenvalue weighted by Gasteiger charge is 2.29. The predicted octanol–water partition coefficient (Wildman–Crippen LogP) is 1.52. The molecule has 5 heteroatoms. The molecule has 0 spiro atoms. The van der Waals surface area contributed by atoms with Gasteiger partial charge in [-0.25, -0.2) is 0 Å². The lowest BCUT2D eigenvalue weighted by Gasteiger charge is -2.05. The Balaban J connectivity index is 2.03. The molecule has 1 amide bonds. The molecule has 1 atom stereocenters. The molecule has 0 unspecified atom stereocenters. The minimum Gasteiger partial charge on any atom is -0.378 e. The number of carbonyl (C=O) groups excluding carboxylic acids is 2. The summed E-state index contributed by atoms with van der Waals surface area (Å²) in [5.74, 6) is -0.367. The number of hydrogen-bond acceptors (Lipinski definition) is 4. The zero-order valence-electron chi connectivity index (χ0n) is 9.34. The Hall–Kier alpha value is -1.62. The first-order valence-electron chi connectivity index (χ1n) is 5.21. The second kappa shape index (κ2) is 4.71. The van der Waals surface area contributed by atoms with Gasteiger partial charge in [0.05, 0.1) is 0 Å². The second-order valence-corrected chi connectivity index (χ2v) is 5.11. The van der Waals surface area contributed by atoms with E-state index in [4.69, 9.17) is 5.73 Å². The molecule has 4 nitrogen and oxygen atoms in total. The molecule has 2 N–H and O–H groups in total. The first-order valence-corrected chi connectivity index (χ1v) is 6.09. The minimum atomic E-state index is -0.455. The van der Waals surface area contributed by atoms with Crippen molar-refractivity contribution >= 4 is 28.6 Å². The van der Waals surface area contributed by atoms with Crippen molar-refractivity contribution in [1.29, 1.82) is 0 Å². The van der Waals surface area contributed by atoms with E-state index in [1.807, 2.05) is 19.1 Å². The first kappa shape index (κ1) is 11.9. The second-order valence-electron chi connectivity index (χ2n) is 3.89. The number of aryl methyl sites for hydroxylation is 1. The topological polar surface area (TPSA) is 72.5 Å². The first-order chi connectivity index (χ1) is 8.06. The van der Waals surface area contributed by atoms with Crippen LogP contribution in [0.25, 0.3) is 0 Å². The average molecular weight is 248 g/mol. The Morgan fingerprint density at radius 1 is 1.41 bits per heavy atom. The van der Waals surface area contributed by atoms with Gasteiger partial charge in [0.1, 0.15) is 5.25 Å². The molecule has 1 aromatic carbocycles. The average Bonchev–Trinajstić information content (AvgIpc) is 2.58. The number of benzene rings is 1. The van der Waals surface area contributed by atoms with Crippen molar-refractivity contribution in [3.8, 4) is 0 Å². The predicted molar refractivity (Wildman–Crippen MR) is 68.1 cm³/mol. The number of nitrogens with two attached hydrogens (primary N) is 1. The van der Waals surface area contributed by atoms with Crippen molar-refractivity contribution in [1.82, 2.24) is 0 Å². The lowest BCUT2D eigenvalue weighted by Crippen LogP contribution is -2.16. The van der Waals surface area contributed by atoms with E-state index in [1.165, 1.54) is 0 Å². The van der Waals surface area contributed by atoms with E-state index in [2.05, 4.69) is 4.99 Å². The smallest absolute Gasteiger partial charge is 0.262 e. The molecule has 0 fully saturated rings. The number of rotatable bonds is 3. The van der Waals surface area contributed by atoms with Crippen molar-refractivity contribution in [3.63, 3.8) is 0 Å². The van der Waals surface area contributed by atoms with Crippen LogP contribution in [0.3, 0.4) is 0 Å². The van der Waals surface area contributed by atoms with Crippen LogP contribution in [0.2, 0.25) is 0 Å². The largest absolute Gasteiger partial charge is 0.378 e. The molecule has 2 rings (SSSR count). The van der Waals surface area contributed by atoms with E-state index in [1.54, 1.807) is 12.1 Å². The lowest BCUT2D eigenvalue weighted by molar-refractivity contribution is -0.117. The monoisotopic (exact) mass is 248 g/mol. The molecule has 0 saturated carbocycles. The number of ketones is 1. The van der Waals surface area contributed by atoms with Crippen LogP contribution in [0, 0.1) is 6.92 Å². The fourth-order valence-corrected chi connectivity index (χ4v) is 2.38. The van der Waals surface area contributed by atoms with Crippen LogP contribution in [0.5, 0.6) is 0 Å². The molecule has 1 aliphatic rings. The van der Waals surface area contributed by atoms with Crippen molar-refractivity contribution < 1.29 is 9.59 Å².